The van der Waals surface area contributed by atoms with Gasteiger partial charge in [-0.1, -0.05) is 6.92 Å². The van der Waals surface area contributed by atoms with E-state index in [0.717, 1.165) is 13.0 Å². The van der Waals surface area contributed by atoms with Crippen molar-refractivity contribution in [1.29, 1.82) is 0 Å². The second-order valence-corrected chi connectivity index (χ2v) is 10.3. The van der Waals surface area contributed by atoms with Crippen LogP contribution in [0.2, 0.25) is 0 Å². The van der Waals surface area contributed by atoms with Crippen molar-refractivity contribution in [3.8, 4) is 0 Å². The number of carbonyl (C=O) groups is 1. The molecule has 3 N–H and O–H groups in total. The maximum atomic E-state index is 13.3. The molecule has 4 unspecified atom stereocenters. The second-order valence-electron chi connectivity index (χ2n) is 8.24. The minimum atomic E-state index is -3.61. The standard InChI is InChI=1S/C18H27N5O4S/c1-11-7-12-10-19-21-17(12)15(8-11)28(26,27)23-6-4-14(23)18(25)20-13-3-5-22(2)16(24)9-13/h3,5,9,11-12,14-15,17,19,21H,4,6-8,10H2,1-2H3,(H,20,25)/t11?,12?,14-,15?,17?/m0/s1. The zero-order chi connectivity index (χ0) is 20.1. The van der Waals surface area contributed by atoms with Crippen LogP contribution in [0.3, 0.4) is 0 Å². The van der Waals surface area contributed by atoms with Gasteiger partial charge in [-0.05, 0) is 37.2 Å². The fourth-order valence-electron chi connectivity index (χ4n) is 4.60. The van der Waals surface area contributed by atoms with Crippen molar-refractivity contribution in [1.82, 2.24) is 19.7 Å². The normalized spacial score (nSPS) is 33.1. The number of carbonyl (C=O) groups excluding carboxylic acids is 1. The Morgan fingerprint density at radius 1 is 1.32 bits per heavy atom. The Hall–Kier alpha value is -1.75. The van der Waals surface area contributed by atoms with Crippen LogP contribution in [-0.2, 0) is 21.9 Å². The number of aryl methyl sites for hydroxylation is 1. The highest BCUT2D eigenvalue weighted by molar-refractivity contribution is 7.89. The molecule has 0 radical (unpaired) electrons. The van der Waals surface area contributed by atoms with Crippen molar-refractivity contribution >= 4 is 21.6 Å². The largest absolute Gasteiger partial charge is 0.324 e. The highest BCUT2D eigenvalue weighted by Crippen LogP contribution is 2.38. The first-order chi connectivity index (χ1) is 13.3. The number of aromatic nitrogens is 1. The molecule has 1 aliphatic carbocycles. The summed E-state index contributed by atoms with van der Waals surface area (Å²) in [7, 11) is -1.99. The Bertz CT molecular complexity index is 930. The second kappa shape index (κ2) is 7.25. The Morgan fingerprint density at radius 2 is 2.11 bits per heavy atom. The summed E-state index contributed by atoms with van der Waals surface area (Å²) in [5, 5.41) is 2.15. The summed E-state index contributed by atoms with van der Waals surface area (Å²) < 4.78 is 29.4. The number of hydrazine groups is 1. The van der Waals surface area contributed by atoms with Gasteiger partial charge in [-0.3, -0.25) is 20.4 Å². The van der Waals surface area contributed by atoms with E-state index < -0.39 is 21.3 Å². The van der Waals surface area contributed by atoms with E-state index in [4.69, 9.17) is 0 Å². The predicted octanol–water partition coefficient (Wildman–Crippen LogP) is -0.381. The summed E-state index contributed by atoms with van der Waals surface area (Å²) in [4.78, 5) is 24.4. The van der Waals surface area contributed by atoms with Gasteiger partial charge in [0.1, 0.15) is 6.04 Å². The lowest BCUT2D eigenvalue weighted by Gasteiger charge is -2.44. The Balaban J connectivity index is 1.50. The summed E-state index contributed by atoms with van der Waals surface area (Å²) in [6.45, 7) is 3.22. The number of sulfonamides is 1. The molecule has 2 aliphatic heterocycles. The van der Waals surface area contributed by atoms with Gasteiger partial charge < -0.3 is 9.88 Å². The summed E-state index contributed by atoms with van der Waals surface area (Å²) in [6, 6.07) is 2.11. The van der Waals surface area contributed by atoms with Crippen LogP contribution in [0.15, 0.2) is 23.1 Å². The van der Waals surface area contributed by atoms with Gasteiger partial charge in [-0.25, -0.2) is 8.42 Å². The molecule has 1 aromatic heterocycles. The number of rotatable bonds is 4. The third kappa shape index (κ3) is 3.38. The Kier molecular flexibility index (Phi) is 5.07. The lowest BCUT2D eigenvalue weighted by atomic mass is 9.79. The molecule has 4 rings (SSSR count). The van der Waals surface area contributed by atoms with Crippen molar-refractivity contribution in [3.63, 3.8) is 0 Å². The van der Waals surface area contributed by atoms with Crippen molar-refractivity contribution in [2.75, 3.05) is 18.4 Å². The molecular formula is C18H27N5O4S. The number of hydrogen-bond donors (Lipinski definition) is 3. The predicted molar refractivity (Wildman–Crippen MR) is 105 cm³/mol. The summed E-state index contributed by atoms with van der Waals surface area (Å²) >= 11 is 0. The SMILES string of the molecule is CC1CC2CNNC2C(S(=O)(=O)N2CC[C@H]2C(=O)Nc2ccn(C)c(=O)c2)C1. The molecule has 0 bridgehead atoms. The van der Waals surface area contributed by atoms with Gasteiger partial charge in [-0.15, -0.1) is 0 Å². The zero-order valence-electron chi connectivity index (χ0n) is 16.1. The van der Waals surface area contributed by atoms with E-state index in [0.29, 0.717) is 31.0 Å². The van der Waals surface area contributed by atoms with Crippen LogP contribution in [0.25, 0.3) is 0 Å². The van der Waals surface area contributed by atoms with Crippen LogP contribution >= 0.6 is 0 Å². The van der Waals surface area contributed by atoms with Crippen LogP contribution in [0.5, 0.6) is 0 Å². The number of amides is 1. The lowest BCUT2D eigenvalue weighted by molar-refractivity contribution is -0.122. The first-order valence-corrected chi connectivity index (χ1v) is 11.2. The molecule has 3 heterocycles. The summed E-state index contributed by atoms with van der Waals surface area (Å²) in [5.41, 5.74) is 6.38. The molecule has 0 spiro atoms. The Morgan fingerprint density at radius 3 is 2.79 bits per heavy atom. The van der Waals surface area contributed by atoms with Gasteiger partial charge in [-0.2, -0.15) is 4.31 Å². The number of anilines is 1. The number of fused-ring (bicyclic) bond motifs is 1. The van der Waals surface area contributed by atoms with Gasteiger partial charge in [0.05, 0.1) is 5.25 Å². The van der Waals surface area contributed by atoms with E-state index in [1.54, 1.807) is 19.3 Å². The van der Waals surface area contributed by atoms with Crippen molar-refractivity contribution in [3.05, 3.63) is 28.7 Å². The molecule has 154 valence electrons. The average molecular weight is 410 g/mol. The maximum absolute atomic E-state index is 13.3. The fourth-order valence-corrected chi connectivity index (χ4v) is 7.09. The van der Waals surface area contributed by atoms with Crippen LogP contribution in [-0.4, -0.2) is 53.6 Å². The van der Waals surface area contributed by atoms with E-state index in [9.17, 15) is 18.0 Å². The van der Waals surface area contributed by atoms with Crippen LogP contribution < -0.4 is 21.7 Å². The molecule has 10 heteroatoms. The molecule has 3 aliphatic rings. The van der Waals surface area contributed by atoms with Crippen molar-refractivity contribution < 1.29 is 13.2 Å². The molecule has 28 heavy (non-hydrogen) atoms. The van der Waals surface area contributed by atoms with Gasteiger partial charge >= 0.3 is 0 Å². The van der Waals surface area contributed by atoms with Crippen molar-refractivity contribution in [2.45, 2.75) is 43.5 Å². The van der Waals surface area contributed by atoms with Crippen LogP contribution in [0, 0.1) is 11.8 Å². The minimum Gasteiger partial charge on any atom is -0.324 e. The molecule has 1 saturated carbocycles. The molecule has 3 fully saturated rings. The highest BCUT2D eigenvalue weighted by atomic mass is 32.2. The zero-order valence-corrected chi connectivity index (χ0v) is 16.9. The molecule has 9 nitrogen and oxygen atoms in total. The minimum absolute atomic E-state index is 0.123. The van der Waals surface area contributed by atoms with E-state index in [1.165, 1.54) is 14.9 Å². The smallest absolute Gasteiger partial charge is 0.252 e. The summed E-state index contributed by atoms with van der Waals surface area (Å²) in [6.07, 6.45) is 3.65. The van der Waals surface area contributed by atoms with Gasteiger partial charge in [0, 0.05) is 44.1 Å². The van der Waals surface area contributed by atoms with Crippen LogP contribution in [0.4, 0.5) is 5.69 Å². The first-order valence-electron chi connectivity index (χ1n) is 9.74. The number of nitrogens with zero attached hydrogens (tertiary/aromatic N) is 2. The first kappa shape index (κ1) is 19.6. The maximum Gasteiger partial charge on any atom is 0.252 e. The number of nitrogens with one attached hydrogen (secondary N) is 3. The molecule has 0 aromatic carbocycles. The number of hydrogen-bond acceptors (Lipinski definition) is 6. The van der Waals surface area contributed by atoms with E-state index in [1.807, 2.05) is 0 Å². The van der Waals surface area contributed by atoms with Gasteiger partial charge in [0.15, 0.2) is 0 Å². The Labute approximate surface area is 164 Å². The third-order valence-corrected chi connectivity index (χ3v) is 8.58. The fraction of sp³-hybridized carbons (Fsp3) is 0.667. The monoisotopic (exact) mass is 409 g/mol. The molecular weight excluding hydrogens is 382 g/mol. The molecule has 1 aromatic rings. The quantitative estimate of drug-likeness (QED) is 0.625. The van der Waals surface area contributed by atoms with Gasteiger partial charge in [0.25, 0.3) is 5.56 Å². The molecule has 5 atom stereocenters. The van der Waals surface area contributed by atoms with Crippen molar-refractivity contribution in [2.24, 2.45) is 18.9 Å². The number of pyridine rings is 1. The van der Waals surface area contributed by atoms with E-state index in [-0.39, 0.29) is 23.4 Å². The highest BCUT2D eigenvalue weighted by Gasteiger charge is 2.51. The lowest BCUT2D eigenvalue weighted by Crippen LogP contribution is -2.62. The molecule has 1 amide bonds. The average Bonchev–Trinajstić information content (AvgIpc) is 3.04. The van der Waals surface area contributed by atoms with Crippen LogP contribution in [0.1, 0.15) is 26.2 Å². The molecule has 2 saturated heterocycles. The topological polar surface area (TPSA) is 113 Å². The van der Waals surface area contributed by atoms with Gasteiger partial charge in [0.2, 0.25) is 15.9 Å². The summed E-state index contributed by atoms with van der Waals surface area (Å²) in [5.74, 6) is 0.232. The van der Waals surface area contributed by atoms with E-state index >= 15 is 0 Å². The third-order valence-electron chi connectivity index (χ3n) is 6.24. The van der Waals surface area contributed by atoms with E-state index in [2.05, 4.69) is 23.1 Å².